The summed E-state index contributed by atoms with van der Waals surface area (Å²) >= 11 is 0. The SMILES string of the molecule is C(=C\n1cccc1-c1ccccc1)/c1ccccn1. The number of rotatable bonds is 3. The quantitative estimate of drug-likeness (QED) is 0.678. The molecule has 0 atom stereocenters. The molecule has 1 aromatic carbocycles. The maximum atomic E-state index is 4.28. The highest BCUT2D eigenvalue weighted by atomic mass is 14.9. The van der Waals surface area contributed by atoms with E-state index in [1.54, 1.807) is 6.20 Å². The van der Waals surface area contributed by atoms with Crippen LogP contribution in [0.2, 0.25) is 0 Å². The second-order valence-electron chi connectivity index (χ2n) is 4.24. The Balaban J connectivity index is 1.91. The zero-order chi connectivity index (χ0) is 12.9. The summed E-state index contributed by atoms with van der Waals surface area (Å²) in [6.07, 6.45) is 7.88. The molecule has 0 unspecified atom stereocenters. The number of nitrogens with zero attached hydrogens (tertiary/aromatic N) is 2. The highest BCUT2D eigenvalue weighted by molar-refractivity contribution is 5.67. The molecule has 0 aliphatic carbocycles. The number of hydrogen-bond acceptors (Lipinski definition) is 1. The van der Waals surface area contributed by atoms with E-state index in [0.717, 1.165) is 5.69 Å². The average molecular weight is 246 g/mol. The number of aromatic nitrogens is 2. The van der Waals surface area contributed by atoms with E-state index in [4.69, 9.17) is 0 Å². The van der Waals surface area contributed by atoms with Crippen LogP contribution in [0.5, 0.6) is 0 Å². The first-order chi connectivity index (χ1) is 9.43. The minimum absolute atomic E-state index is 0.954. The predicted molar refractivity (Wildman–Crippen MR) is 79.3 cm³/mol. The molecule has 0 fully saturated rings. The van der Waals surface area contributed by atoms with E-state index in [0.29, 0.717) is 0 Å². The van der Waals surface area contributed by atoms with Crippen molar-refractivity contribution in [1.29, 1.82) is 0 Å². The summed E-state index contributed by atoms with van der Waals surface area (Å²) in [4.78, 5) is 4.28. The van der Waals surface area contributed by atoms with Gasteiger partial charge in [0.1, 0.15) is 0 Å². The summed E-state index contributed by atoms with van der Waals surface area (Å²) < 4.78 is 2.10. The molecule has 0 aliphatic heterocycles. The number of benzene rings is 1. The summed E-state index contributed by atoms with van der Waals surface area (Å²) in [5, 5.41) is 0. The monoisotopic (exact) mass is 246 g/mol. The van der Waals surface area contributed by atoms with Crippen LogP contribution in [-0.4, -0.2) is 9.55 Å². The van der Waals surface area contributed by atoms with Gasteiger partial charge in [0.25, 0.3) is 0 Å². The van der Waals surface area contributed by atoms with E-state index in [1.807, 2.05) is 48.8 Å². The predicted octanol–water partition coefficient (Wildman–Crippen LogP) is 4.18. The van der Waals surface area contributed by atoms with Crippen LogP contribution in [0.25, 0.3) is 23.5 Å². The van der Waals surface area contributed by atoms with Crippen molar-refractivity contribution in [3.63, 3.8) is 0 Å². The van der Waals surface area contributed by atoms with E-state index in [2.05, 4.69) is 39.9 Å². The lowest BCUT2D eigenvalue weighted by Crippen LogP contribution is -1.88. The summed E-state index contributed by atoms with van der Waals surface area (Å²) in [6, 6.07) is 20.4. The topological polar surface area (TPSA) is 17.8 Å². The van der Waals surface area contributed by atoms with E-state index < -0.39 is 0 Å². The first-order valence-corrected chi connectivity index (χ1v) is 6.25. The Hall–Kier alpha value is -2.61. The molecular weight excluding hydrogens is 232 g/mol. The lowest BCUT2D eigenvalue weighted by atomic mass is 10.1. The van der Waals surface area contributed by atoms with Crippen LogP contribution in [0.15, 0.2) is 73.1 Å². The highest BCUT2D eigenvalue weighted by Gasteiger charge is 2.00. The Bertz CT molecular complexity index is 667. The molecule has 0 bridgehead atoms. The van der Waals surface area contributed by atoms with Gasteiger partial charge in [0.2, 0.25) is 0 Å². The van der Waals surface area contributed by atoms with Crippen molar-refractivity contribution in [1.82, 2.24) is 9.55 Å². The first kappa shape index (κ1) is 11.5. The molecule has 0 spiro atoms. The highest BCUT2D eigenvalue weighted by Crippen LogP contribution is 2.20. The molecule has 0 amide bonds. The fraction of sp³-hybridized carbons (Fsp3) is 0. The van der Waals surface area contributed by atoms with Gasteiger partial charge in [0.05, 0.1) is 11.4 Å². The van der Waals surface area contributed by atoms with Crippen molar-refractivity contribution in [2.45, 2.75) is 0 Å². The largest absolute Gasteiger partial charge is 0.323 e. The standard InChI is InChI=1S/C17H14N2/c1-2-7-15(8-3-1)17-10-6-13-19(17)14-11-16-9-4-5-12-18-16/h1-14H/b14-11+. The van der Waals surface area contributed by atoms with Crippen LogP contribution in [0.1, 0.15) is 5.69 Å². The van der Waals surface area contributed by atoms with Gasteiger partial charge in [-0.1, -0.05) is 36.4 Å². The van der Waals surface area contributed by atoms with Gasteiger partial charge in [-0.05, 0) is 35.9 Å². The minimum atomic E-state index is 0.954. The normalized spacial score (nSPS) is 10.9. The second-order valence-corrected chi connectivity index (χ2v) is 4.24. The molecule has 19 heavy (non-hydrogen) atoms. The molecule has 2 heteroatoms. The molecule has 3 rings (SSSR count). The third kappa shape index (κ3) is 2.63. The van der Waals surface area contributed by atoms with Gasteiger partial charge < -0.3 is 4.57 Å². The molecule has 0 saturated heterocycles. The van der Waals surface area contributed by atoms with Gasteiger partial charge in [-0.3, -0.25) is 4.98 Å². The molecule has 0 saturated carbocycles. The Morgan fingerprint density at radius 1 is 0.842 bits per heavy atom. The molecule has 2 heterocycles. The fourth-order valence-corrected chi connectivity index (χ4v) is 2.01. The molecule has 2 nitrogen and oxygen atoms in total. The molecule has 2 aromatic heterocycles. The van der Waals surface area contributed by atoms with E-state index >= 15 is 0 Å². The van der Waals surface area contributed by atoms with Crippen LogP contribution in [0.4, 0.5) is 0 Å². The fourth-order valence-electron chi connectivity index (χ4n) is 2.01. The lowest BCUT2D eigenvalue weighted by Gasteiger charge is -2.04. The molecule has 3 aromatic rings. The smallest absolute Gasteiger partial charge is 0.0644 e. The van der Waals surface area contributed by atoms with Gasteiger partial charge in [-0.25, -0.2) is 0 Å². The molecular formula is C17H14N2. The van der Waals surface area contributed by atoms with E-state index in [1.165, 1.54) is 11.3 Å². The van der Waals surface area contributed by atoms with Crippen molar-refractivity contribution in [3.8, 4) is 11.3 Å². The maximum absolute atomic E-state index is 4.28. The zero-order valence-electron chi connectivity index (χ0n) is 10.5. The third-order valence-corrected chi connectivity index (χ3v) is 2.94. The van der Waals surface area contributed by atoms with Gasteiger partial charge in [-0.15, -0.1) is 0 Å². The van der Waals surface area contributed by atoms with Crippen LogP contribution in [0, 0.1) is 0 Å². The number of hydrogen-bond donors (Lipinski definition) is 0. The van der Waals surface area contributed by atoms with E-state index in [9.17, 15) is 0 Å². The third-order valence-electron chi connectivity index (χ3n) is 2.94. The van der Waals surface area contributed by atoms with Crippen molar-refractivity contribution in [2.24, 2.45) is 0 Å². The maximum Gasteiger partial charge on any atom is 0.0644 e. The van der Waals surface area contributed by atoms with Gasteiger partial charge in [0.15, 0.2) is 0 Å². The van der Waals surface area contributed by atoms with Crippen LogP contribution in [-0.2, 0) is 0 Å². The summed E-state index contributed by atoms with van der Waals surface area (Å²) in [7, 11) is 0. The summed E-state index contributed by atoms with van der Waals surface area (Å²) in [5.41, 5.74) is 3.33. The van der Waals surface area contributed by atoms with Crippen molar-refractivity contribution in [2.75, 3.05) is 0 Å². The van der Waals surface area contributed by atoms with E-state index in [-0.39, 0.29) is 0 Å². The molecule has 92 valence electrons. The average Bonchev–Trinajstić information content (AvgIpc) is 2.95. The Kier molecular flexibility index (Phi) is 3.24. The Labute approximate surface area is 112 Å². The Morgan fingerprint density at radius 3 is 2.47 bits per heavy atom. The van der Waals surface area contributed by atoms with Gasteiger partial charge in [0, 0.05) is 18.6 Å². The van der Waals surface area contributed by atoms with Crippen LogP contribution >= 0.6 is 0 Å². The van der Waals surface area contributed by atoms with Gasteiger partial charge in [-0.2, -0.15) is 0 Å². The van der Waals surface area contributed by atoms with Crippen LogP contribution < -0.4 is 0 Å². The van der Waals surface area contributed by atoms with Crippen molar-refractivity contribution in [3.05, 3.63) is 78.8 Å². The number of pyridine rings is 1. The molecule has 0 N–H and O–H groups in total. The van der Waals surface area contributed by atoms with Crippen molar-refractivity contribution < 1.29 is 0 Å². The molecule has 0 aliphatic rings. The molecule has 0 radical (unpaired) electrons. The zero-order valence-corrected chi connectivity index (χ0v) is 10.5. The minimum Gasteiger partial charge on any atom is -0.323 e. The summed E-state index contributed by atoms with van der Waals surface area (Å²) in [5.74, 6) is 0. The first-order valence-electron chi connectivity index (χ1n) is 6.25. The lowest BCUT2D eigenvalue weighted by molar-refractivity contribution is 1.18. The second kappa shape index (κ2) is 5.36. The van der Waals surface area contributed by atoms with Crippen molar-refractivity contribution >= 4 is 12.3 Å². The van der Waals surface area contributed by atoms with Gasteiger partial charge >= 0.3 is 0 Å². The Morgan fingerprint density at radius 2 is 1.68 bits per heavy atom. The van der Waals surface area contributed by atoms with Crippen LogP contribution in [0.3, 0.4) is 0 Å². The summed E-state index contributed by atoms with van der Waals surface area (Å²) in [6.45, 7) is 0.